The van der Waals surface area contributed by atoms with Crippen LogP contribution in [-0.4, -0.2) is 6.71 Å². The third kappa shape index (κ3) is 7.36. The smallest absolute Gasteiger partial charge is 0.252 e. The van der Waals surface area contributed by atoms with Gasteiger partial charge in [0.2, 0.25) is 0 Å². The zero-order chi connectivity index (χ0) is 50.6. The molecule has 8 aromatic rings. The molecule has 3 nitrogen and oxygen atoms in total. The molecule has 0 N–H and O–H groups in total. The van der Waals surface area contributed by atoms with Gasteiger partial charge >= 0.3 is 0 Å². The van der Waals surface area contributed by atoms with Crippen molar-refractivity contribution in [3.8, 4) is 11.1 Å². The van der Waals surface area contributed by atoms with Crippen LogP contribution in [0.3, 0.4) is 0 Å². The molecule has 1 unspecified atom stereocenters. The van der Waals surface area contributed by atoms with Crippen LogP contribution < -0.4 is 31.1 Å². The fourth-order valence-corrected chi connectivity index (χ4v) is 14.3. The summed E-state index contributed by atoms with van der Waals surface area (Å²) in [6, 6.07) is 64.0. The molecule has 0 fully saturated rings. The Kier molecular flexibility index (Phi) is 10.0. The van der Waals surface area contributed by atoms with E-state index in [2.05, 4.69) is 255 Å². The maximum atomic E-state index is 2.71. The van der Waals surface area contributed by atoms with Gasteiger partial charge in [-0.05, 0) is 192 Å². The average molecular weight is 952 g/mol. The molecule has 4 bridgehead atoms. The summed E-state index contributed by atoms with van der Waals surface area (Å²) in [5.41, 5.74) is 28.2. The number of anilines is 9. The quantitative estimate of drug-likeness (QED) is 0.159. The molecular formula is C69H70BN3. The number of fused-ring (bicyclic) bond motifs is 8. The van der Waals surface area contributed by atoms with Gasteiger partial charge in [0.05, 0.1) is 0 Å². The SMILES string of the molecule is CC1(C)Cc2cccc(N3c4cc(C(C)(C)C)ccc4B4c5cc(N(c6ccc(-c7ccccc7)cc6)c6ccc(C(C)(C)C)cc6)c6cc5N(c5cccc7c5CC(C)(C7)CC6(C)C)c5cccc3c54)c2C1. The normalized spacial score (nSPS) is 18.5. The van der Waals surface area contributed by atoms with E-state index in [-0.39, 0.29) is 33.8 Å². The molecule has 1 atom stereocenters. The summed E-state index contributed by atoms with van der Waals surface area (Å²) < 4.78 is 0. The summed E-state index contributed by atoms with van der Waals surface area (Å²) in [6.45, 7) is 26.6. The van der Waals surface area contributed by atoms with E-state index in [0.29, 0.717) is 0 Å². The summed E-state index contributed by atoms with van der Waals surface area (Å²) in [4.78, 5) is 8.01. The predicted octanol–water partition coefficient (Wildman–Crippen LogP) is 16.4. The Bertz CT molecular complexity index is 3530. The first kappa shape index (κ1) is 46.0. The van der Waals surface area contributed by atoms with E-state index in [4.69, 9.17) is 0 Å². The largest absolute Gasteiger partial charge is 0.311 e. The molecular weight excluding hydrogens is 882 g/mol. The standard InChI is InChI=1S/C69H70BN3/c1-65(2,3)48-28-33-51(34-29-48)71(50-31-26-45(27-32-50)44-18-13-12-14-19-44)61-38-56-63-37-54(61)68(9,10)43-69(11)40-47-21-16-23-58(53(47)42-69)73(63)60-25-17-24-59-64(60)70(56)55-35-30-49(66(4,5)6)36-62(55)72(59)57-22-15-20-46-39-67(7,8)41-52(46)57/h12-38H,39-43H2,1-11H3. The first-order chi connectivity index (χ1) is 34.8. The number of hydrogen-bond donors (Lipinski definition) is 0. The molecule has 0 saturated heterocycles. The van der Waals surface area contributed by atoms with Crippen LogP contribution in [-0.2, 0) is 41.9 Å². The van der Waals surface area contributed by atoms with Gasteiger partial charge in [0.15, 0.2) is 0 Å². The van der Waals surface area contributed by atoms with Crippen LogP contribution in [0.5, 0.6) is 0 Å². The zero-order valence-electron chi connectivity index (χ0n) is 45.0. The van der Waals surface area contributed by atoms with E-state index in [1.165, 1.54) is 112 Å². The number of rotatable bonds is 5. The minimum atomic E-state index is -0.190. The van der Waals surface area contributed by atoms with Crippen molar-refractivity contribution >= 4 is 74.3 Å². The van der Waals surface area contributed by atoms with Crippen LogP contribution in [0.4, 0.5) is 51.2 Å². The van der Waals surface area contributed by atoms with E-state index >= 15 is 0 Å². The second-order valence-corrected chi connectivity index (χ2v) is 26.4. The van der Waals surface area contributed by atoms with Crippen molar-refractivity contribution in [1.82, 2.24) is 0 Å². The second-order valence-electron chi connectivity index (χ2n) is 26.4. The fourth-order valence-electron chi connectivity index (χ4n) is 14.3. The Morgan fingerprint density at radius 3 is 1.62 bits per heavy atom. The molecule has 0 spiro atoms. The maximum absolute atomic E-state index is 2.71. The van der Waals surface area contributed by atoms with Gasteiger partial charge < -0.3 is 14.7 Å². The van der Waals surface area contributed by atoms with Crippen LogP contribution in [0.25, 0.3) is 11.1 Å². The van der Waals surface area contributed by atoms with Crippen LogP contribution >= 0.6 is 0 Å². The Morgan fingerprint density at radius 2 is 0.986 bits per heavy atom. The molecule has 3 heterocycles. The summed E-state index contributed by atoms with van der Waals surface area (Å²) in [6.07, 6.45) is 5.36. The van der Waals surface area contributed by atoms with E-state index in [0.717, 1.165) is 37.8 Å². The summed E-state index contributed by atoms with van der Waals surface area (Å²) in [5, 5.41) is 0. The lowest BCUT2D eigenvalue weighted by Crippen LogP contribution is -2.61. The highest BCUT2D eigenvalue weighted by atomic mass is 15.2. The number of benzene rings is 8. The van der Waals surface area contributed by atoms with Gasteiger partial charge in [-0.25, -0.2) is 0 Å². The van der Waals surface area contributed by atoms with Crippen LogP contribution in [0, 0.1) is 10.8 Å². The average Bonchev–Trinajstić information content (AvgIpc) is 3.88. The molecule has 0 amide bonds. The molecule has 73 heavy (non-hydrogen) atoms. The molecule has 13 rings (SSSR count). The Morgan fingerprint density at radius 1 is 0.452 bits per heavy atom. The highest BCUT2D eigenvalue weighted by Gasteiger charge is 2.49. The molecule has 5 aliphatic rings. The van der Waals surface area contributed by atoms with Crippen molar-refractivity contribution in [2.45, 2.75) is 125 Å². The third-order valence-electron chi connectivity index (χ3n) is 17.6. The van der Waals surface area contributed by atoms with E-state index in [9.17, 15) is 0 Å². The van der Waals surface area contributed by atoms with Crippen molar-refractivity contribution < 1.29 is 0 Å². The molecule has 8 aromatic carbocycles. The molecule has 4 heteroatoms. The Hall–Kier alpha value is -6.78. The van der Waals surface area contributed by atoms with Gasteiger partial charge in [-0.1, -0.05) is 173 Å². The van der Waals surface area contributed by atoms with Gasteiger partial charge in [0.25, 0.3) is 6.71 Å². The number of hydrogen-bond acceptors (Lipinski definition) is 3. The van der Waals surface area contributed by atoms with Gasteiger partial charge in [-0.3, -0.25) is 0 Å². The fraction of sp³-hybridized carbons (Fsp3) is 0.304. The minimum absolute atomic E-state index is 0.0163. The second kappa shape index (κ2) is 15.9. The maximum Gasteiger partial charge on any atom is 0.252 e. The topological polar surface area (TPSA) is 9.72 Å². The first-order valence-electron chi connectivity index (χ1n) is 27.1. The van der Waals surface area contributed by atoms with Crippen molar-refractivity contribution in [1.29, 1.82) is 0 Å². The van der Waals surface area contributed by atoms with Crippen LogP contribution in [0.2, 0.25) is 0 Å². The van der Waals surface area contributed by atoms with Crippen LogP contribution in [0.15, 0.2) is 164 Å². The van der Waals surface area contributed by atoms with Crippen molar-refractivity contribution in [2.75, 3.05) is 14.7 Å². The third-order valence-corrected chi connectivity index (χ3v) is 17.6. The van der Waals surface area contributed by atoms with Crippen molar-refractivity contribution in [3.05, 3.63) is 203 Å². The minimum Gasteiger partial charge on any atom is -0.311 e. The summed E-state index contributed by atoms with van der Waals surface area (Å²) in [7, 11) is 0. The molecule has 0 aromatic heterocycles. The molecule has 0 saturated carbocycles. The van der Waals surface area contributed by atoms with Crippen molar-refractivity contribution in [3.63, 3.8) is 0 Å². The zero-order valence-corrected chi connectivity index (χ0v) is 45.0. The molecule has 2 aliphatic carbocycles. The summed E-state index contributed by atoms with van der Waals surface area (Å²) >= 11 is 0. The lowest BCUT2D eigenvalue weighted by Gasteiger charge is -2.47. The summed E-state index contributed by atoms with van der Waals surface area (Å²) in [5.74, 6) is 0. The highest BCUT2D eigenvalue weighted by molar-refractivity contribution is 7.00. The highest BCUT2D eigenvalue weighted by Crippen LogP contribution is 2.56. The van der Waals surface area contributed by atoms with E-state index in [1.54, 1.807) is 0 Å². The molecule has 364 valence electrons. The first-order valence-corrected chi connectivity index (χ1v) is 27.1. The van der Waals surface area contributed by atoms with E-state index < -0.39 is 0 Å². The monoisotopic (exact) mass is 952 g/mol. The van der Waals surface area contributed by atoms with E-state index in [1.807, 2.05) is 0 Å². The van der Waals surface area contributed by atoms with Crippen molar-refractivity contribution in [2.24, 2.45) is 10.8 Å². The van der Waals surface area contributed by atoms with Gasteiger partial charge in [0.1, 0.15) is 0 Å². The molecule has 3 aliphatic heterocycles. The Balaban J connectivity index is 1.13. The van der Waals surface area contributed by atoms with Crippen LogP contribution in [0.1, 0.15) is 122 Å². The lowest BCUT2D eigenvalue weighted by molar-refractivity contribution is 0.244. The van der Waals surface area contributed by atoms with Gasteiger partial charge in [-0.2, -0.15) is 0 Å². The number of nitrogens with zero attached hydrogens (tertiary/aromatic N) is 3. The lowest BCUT2D eigenvalue weighted by atomic mass is 9.33. The van der Waals surface area contributed by atoms with Gasteiger partial charge in [-0.15, -0.1) is 0 Å². The Labute approximate surface area is 436 Å². The van der Waals surface area contributed by atoms with Gasteiger partial charge in [0, 0.05) is 51.2 Å². The predicted molar refractivity (Wildman–Crippen MR) is 312 cm³/mol. The molecule has 0 radical (unpaired) electrons.